The summed E-state index contributed by atoms with van der Waals surface area (Å²) in [5.41, 5.74) is 0. The summed E-state index contributed by atoms with van der Waals surface area (Å²) in [7, 11) is -5.20. The molecule has 61 heavy (non-hydrogen) atoms. The van der Waals surface area contributed by atoms with E-state index in [1.807, 2.05) is 12.2 Å². The van der Waals surface area contributed by atoms with Gasteiger partial charge in [0, 0.05) is 12.8 Å². The number of ether oxygens (including phenoxy) is 2. The van der Waals surface area contributed by atoms with Crippen molar-refractivity contribution in [1.82, 2.24) is 0 Å². The molecule has 0 aromatic rings. The first kappa shape index (κ1) is 57.0. The van der Waals surface area contributed by atoms with Gasteiger partial charge in [0.2, 0.25) is 0 Å². The molecule has 0 amide bonds. The van der Waals surface area contributed by atoms with E-state index in [2.05, 4.69) is 32.1 Å². The van der Waals surface area contributed by atoms with Crippen molar-refractivity contribution in [1.29, 1.82) is 0 Å². The smallest absolute Gasteiger partial charge is 0.462 e. The zero-order valence-electron chi connectivity index (χ0n) is 36.9. The fourth-order valence-electron chi connectivity index (χ4n) is 6.80. The third-order valence-electron chi connectivity index (χ3n) is 10.7. The molecule has 0 aromatic heterocycles. The largest absolute Gasteiger partial charge is 0.472 e. The molecule has 0 aliphatic heterocycles. The minimum Gasteiger partial charge on any atom is -0.462 e. The Hall–Kier alpha value is -2.01. The predicted octanol–water partition coefficient (Wildman–Crippen LogP) is 6.55. The maximum Gasteiger partial charge on any atom is 0.472 e. The molecule has 1 fully saturated rings. The van der Waals surface area contributed by atoms with E-state index in [0.29, 0.717) is 12.8 Å². The van der Waals surface area contributed by atoms with Crippen molar-refractivity contribution in [2.24, 2.45) is 0 Å². The van der Waals surface area contributed by atoms with Crippen LogP contribution >= 0.6 is 7.82 Å². The van der Waals surface area contributed by atoms with E-state index in [1.54, 1.807) is 6.08 Å². The third kappa shape index (κ3) is 27.7. The molecular formula is C45H81O15P. The Morgan fingerprint density at radius 2 is 1.05 bits per heavy atom. The molecule has 1 rings (SSSR count). The molecule has 356 valence electrons. The Balaban J connectivity index is 2.59. The molecule has 0 radical (unpaired) electrons. The number of esters is 2. The minimum absolute atomic E-state index is 0.0714. The highest BCUT2D eigenvalue weighted by Crippen LogP contribution is 2.47. The van der Waals surface area contributed by atoms with Crippen LogP contribution in [0.2, 0.25) is 0 Å². The van der Waals surface area contributed by atoms with Gasteiger partial charge < -0.3 is 50.1 Å². The molecule has 0 bridgehead atoms. The molecule has 8 N–H and O–H groups in total. The van der Waals surface area contributed by atoms with Crippen molar-refractivity contribution < 1.29 is 73.3 Å². The summed E-state index contributed by atoms with van der Waals surface area (Å²) in [6.45, 7) is 3.02. The Bertz CT molecular complexity index is 1250. The fourth-order valence-corrected chi connectivity index (χ4v) is 7.77. The zero-order chi connectivity index (χ0) is 45.3. The molecule has 5 unspecified atom stereocenters. The molecule has 0 aromatic carbocycles. The first-order valence-electron chi connectivity index (χ1n) is 23.0. The first-order chi connectivity index (χ1) is 29.2. The number of phosphoric ester groups is 1. The summed E-state index contributed by atoms with van der Waals surface area (Å²) in [6.07, 6.45) is 17.8. The van der Waals surface area contributed by atoms with Gasteiger partial charge in [0.1, 0.15) is 43.2 Å². The fraction of sp³-hybridized carbons (Fsp3) is 0.822. The second-order valence-corrected chi connectivity index (χ2v) is 17.6. The van der Waals surface area contributed by atoms with Crippen LogP contribution in [0.4, 0.5) is 0 Å². The average Bonchev–Trinajstić information content (AvgIpc) is 3.23. The Labute approximate surface area is 364 Å². The molecular weight excluding hydrogens is 811 g/mol. The van der Waals surface area contributed by atoms with E-state index in [4.69, 9.17) is 18.5 Å². The highest BCUT2D eigenvalue weighted by molar-refractivity contribution is 7.47. The second kappa shape index (κ2) is 35.4. The summed E-state index contributed by atoms with van der Waals surface area (Å²) < 4.78 is 33.3. The van der Waals surface area contributed by atoms with Crippen molar-refractivity contribution in [3.63, 3.8) is 0 Å². The second-order valence-electron chi connectivity index (χ2n) is 16.2. The number of phosphoric acid groups is 1. The lowest BCUT2D eigenvalue weighted by atomic mass is 9.85. The number of hydrogen-bond donors (Lipinski definition) is 8. The van der Waals surface area contributed by atoms with Gasteiger partial charge in [0.05, 0.1) is 18.8 Å². The van der Waals surface area contributed by atoms with E-state index in [-0.39, 0.29) is 32.1 Å². The van der Waals surface area contributed by atoms with Crippen LogP contribution in [0.15, 0.2) is 36.5 Å². The molecule has 16 heteroatoms. The van der Waals surface area contributed by atoms with Crippen molar-refractivity contribution in [2.45, 2.75) is 223 Å². The molecule has 0 heterocycles. The number of aliphatic hydroxyl groups is 7. The number of carbonyl (C=O) groups excluding carboxylic acids is 2. The van der Waals surface area contributed by atoms with Gasteiger partial charge in [-0.1, -0.05) is 140 Å². The van der Waals surface area contributed by atoms with Gasteiger partial charge >= 0.3 is 19.8 Å². The van der Waals surface area contributed by atoms with Crippen LogP contribution in [0.5, 0.6) is 0 Å². The summed E-state index contributed by atoms with van der Waals surface area (Å²) in [4.78, 5) is 35.7. The van der Waals surface area contributed by atoms with Crippen molar-refractivity contribution >= 4 is 19.8 Å². The first-order valence-corrected chi connectivity index (χ1v) is 24.5. The highest BCUT2D eigenvalue weighted by atomic mass is 31.2. The Morgan fingerprint density at radius 1 is 0.574 bits per heavy atom. The van der Waals surface area contributed by atoms with E-state index >= 15 is 0 Å². The summed E-state index contributed by atoms with van der Waals surface area (Å²) >= 11 is 0. The van der Waals surface area contributed by atoms with E-state index in [0.717, 1.165) is 38.5 Å². The lowest BCUT2D eigenvalue weighted by Crippen LogP contribution is -2.64. The number of rotatable bonds is 37. The topological polar surface area (TPSA) is 250 Å². The monoisotopic (exact) mass is 893 g/mol. The lowest BCUT2D eigenvalue weighted by Gasteiger charge is -2.41. The highest BCUT2D eigenvalue weighted by Gasteiger charge is 2.51. The Morgan fingerprint density at radius 3 is 1.62 bits per heavy atom. The molecule has 1 saturated carbocycles. The quantitative estimate of drug-likeness (QED) is 0.0142. The lowest BCUT2D eigenvalue weighted by molar-refractivity contribution is -0.220. The minimum atomic E-state index is -5.20. The molecule has 1 aliphatic rings. The molecule has 0 saturated heterocycles. The number of aliphatic hydroxyl groups excluding tert-OH is 7. The van der Waals surface area contributed by atoms with E-state index in [1.165, 1.54) is 70.6 Å². The van der Waals surface area contributed by atoms with Crippen LogP contribution in [-0.2, 0) is 32.7 Å². The molecule has 0 spiro atoms. The SMILES string of the molecule is CCCCC/C=C\C/C=C\C/C=C\CC(O)C(O)CCCC(=O)O[C@H](COC(=O)CCCCCCCCCCCCCCC)COP(=O)(O)OC1[C@H](O)[C@H](O)C(O)[C@H](O)[C@H]1O. The normalized spacial score (nSPS) is 23.4. The average molecular weight is 893 g/mol. The van der Waals surface area contributed by atoms with Crippen molar-refractivity contribution in [3.05, 3.63) is 36.5 Å². The standard InChI is InChI=1S/C45H81O15P/c1-3-5-7-9-11-13-15-17-19-21-23-25-27-31-38(48)57-33-35(34-58-61(55,56)60-45-43(53)41(51)40(50)42(52)44(45)54)59-39(49)32-28-30-37(47)36(46)29-26-24-22-20-18-16-14-12-10-8-6-4-2/h12,14,18,20,24,26,35-37,40-47,50-54H,3-11,13,15-17,19,21-23,25,27-34H2,1-2H3,(H,55,56)/b14-12-,20-18-,26-24-/t35-,36?,37?,40?,41-,42+,43-,44-,45?/m1/s1. The maximum absolute atomic E-state index is 12.8. The summed E-state index contributed by atoms with van der Waals surface area (Å²) in [5, 5.41) is 70.9. The van der Waals surface area contributed by atoms with Crippen molar-refractivity contribution in [2.75, 3.05) is 13.2 Å². The molecule has 10 atom stereocenters. The van der Waals surface area contributed by atoms with Gasteiger partial charge in [-0.2, -0.15) is 0 Å². The number of unbranched alkanes of at least 4 members (excludes halogenated alkanes) is 15. The maximum atomic E-state index is 12.8. The van der Waals surface area contributed by atoms with E-state index < -0.39 is 87.9 Å². The molecule has 15 nitrogen and oxygen atoms in total. The van der Waals surface area contributed by atoms with Crippen LogP contribution in [0.25, 0.3) is 0 Å². The number of allylic oxidation sites excluding steroid dienone is 5. The van der Waals surface area contributed by atoms with Crippen LogP contribution in [0.1, 0.15) is 168 Å². The van der Waals surface area contributed by atoms with Crippen LogP contribution in [0.3, 0.4) is 0 Å². The van der Waals surface area contributed by atoms with Gasteiger partial charge in [-0.15, -0.1) is 0 Å². The van der Waals surface area contributed by atoms with Gasteiger partial charge in [-0.05, 0) is 51.4 Å². The van der Waals surface area contributed by atoms with Crippen LogP contribution in [-0.4, -0.2) is 121 Å². The summed E-state index contributed by atoms with van der Waals surface area (Å²) in [5.74, 6) is -1.38. The third-order valence-corrected chi connectivity index (χ3v) is 11.7. The summed E-state index contributed by atoms with van der Waals surface area (Å²) in [6, 6.07) is 0. The van der Waals surface area contributed by atoms with Gasteiger partial charge in [0.25, 0.3) is 0 Å². The van der Waals surface area contributed by atoms with Crippen molar-refractivity contribution in [3.8, 4) is 0 Å². The van der Waals surface area contributed by atoms with Crippen LogP contribution in [0, 0.1) is 0 Å². The predicted molar refractivity (Wildman–Crippen MR) is 233 cm³/mol. The Kier molecular flexibility index (Phi) is 33.0. The van der Waals surface area contributed by atoms with Gasteiger partial charge in [-0.25, -0.2) is 4.57 Å². The van der Waals surface area contributed by atoms with Crippen LogP contribution < -0.4 is 0 Å². The van der Waals surface area contributed by atoms with Gasteiger partial charge in [0.15, 0.2) is 6.10 Å². The van der Waals surface area contributed by atoms with Gasteiger partial charge in [-0.3, -0.25) is 18.6 Å². The molecule has 1 aliphatic carbocycles. The van der Waals surface area contributed by atoms with E-state index in [9.17, 15) is 54.8 Å². The number of hydrogen-bond acceptors (Lipinski definition) is 14. The zero-order valence-corrected chi connectivity index (χ0v) is 37.8. The number of carbonyl (C=O) groups is 2.